The first-order chi connectivity index (χ1) is 8.74. The molecule has 7 nitrogen and oxygen atoms in total. The standard InChI is InChI=1S/C11H15N7/c1-7-9(17-12)15-11(16-10(7)18-13)14-8-5-3-2-4-6-8/h2-6H,12-13H2,1H3,(H3,14,15,16,17,18). The minimum Gasteiger partial charge on any atom is -0.324 e. The van der Waals surface area contributed by atoms with Crippen LogP contribution in [0, 0.1) is 6.92 Å². The minimum atomic E-state index is 0.410. The number of anilines is 4. The molecule has 94 valence electrons. The lowest BCUT2D eigenvalue weighted by atomic mass is 10.3. The van der Waals surface area contributed by atoms with Crippen LogP contribution < -0.4 is 27.9 Å². The molecule has 0 radical (unpaired) electrons. The number of hydrogen-bond acceptors (Lipinski definition) is 7. The first-order valence-corrected chi connectivity index (χ1v) is 5.38. The molecule has 2 rings (SSSR count). The van der Waals surface area contributed by atoms with E-state index in [1.165, 1.54) is 0 Å². The average molecular weight is 245 g/mol. The predicted molar refractivity (Wildman–Crippen MR) is 72.1 cm³/mol. The van der Waals surface area contributed by atoms with Crippen molar-refractivity contribution in [2.75, 3.05) is 16.2 Å². The Balaban J connectivity index is 2.34. The SMILES string of the molecule is Cc1c(NN)nc(Nc2ccccc2)nc1NN. The zero-order valence-electron chi connectivity index (χ0n) is 9.94. The number of rotatable bonds is 4. The molecule has 0 bridgehead atoms. The lowest BCUT2D eigenvalue weighted by Gasteiger charge is -2.12. The van der Waals surface area contributed by atoms with Gasteiger partial charge in [-0.1, -0.05) is 18.2 Å². The summed E-state index contributed by atoms with van der Waals surface area (Å²) in [5, 5.41) is 3.07. The lowest BCUT2D eigenvalue weighted by Crippen LogP contribution is -2.16. The van der Waals surface area contributed by atoms with Gasteiger partial charge in [0.2, 0.25) is 5.95 Å². The van der Waals surface area contributed by atoms with Crippen LogP contribution in [0.3, 0.4) is 0 Å². The van der Waals surface area contributed by atoms with Crippen molar-refractivity contribution >= 4 is 23.3 Å². The molecule has 2 aromatic rings. The van der Waals surface area contributed by atoms with E-state index in [0.29, 0.717) is 17.6 Å². The lowest BCUT2D eigenvalue weighted by molar-refractivity contribution is 1.09. The molecule has 18 heavy (non-hydrogen) atoms. The molecule has 0 aliphatic rings. The summed E-state index contributed by atoms with van der Waals surface area (Å²) in [5.41, 5.74) is 6.65. The molecule has 7 heteroatoms. The van der Waals surface area contributed by atoms with Crippen molar-refractivity contribution < 1.29 is 0 Å². The van der Waals surface area contributed by atoms with Crippen molar-refractivity contribution in [3.8, 4) is 0 Å². The third kappa shape index (κ3) is 2.47. The third-order valence-electron chi connectivity index (χ3n) is 2.45. The van der Waals surface area contributed by atoms with Crippen molar-refractivity contribution in [3.05, 3.63) is 35.9 Å². The van der Waals surface area contributed by atoms with Crippen LogP contribution in [0.4, 0.5) is 23.3 Å². The molecule has 1 aromatic carbocycles. The summed E-state index contributed by atoms with van der Waals surface area (Å²) in [6.07, 6.45) is 0. The largest absolute Gasteiger partial charge is 0.324 e. The van der Waals surface area contributed by atoms with Gasteiger partial charge in [-0.3, -0.25) is 0 Å². The highest BCUT2D eigenvalue weighted by Crippen LogP contribution is 2.22. The van der Waals surface area contributed by atoms with Gasteiger partial charge in [-0.2, -0.15) is 9.97 Å². The number of nitrogens with two attached hydrogens (primary N) is 2. The number of nitrogen functional groups attached to an aromatic ring is 2. The van der Waals surface area contributed by atoms with Crippen molar-refractivity contribution in [3.63, 3.8) is 0 Å². The van der Waals surface area contributed by atoms with E-state index < -0.39 is 0 Å². The van der Waals surface area contributed by atoms with E-state index in [4.69, 9.17) is 11.7 Å². The van der Waals surface area contributed by atoms with Crippen molar-refractivity contribution in [2.45, 2.75) is 6.92 Å². The molecule has 0 saturated heterocycles. The number of hydrogen-bond donors (Lipinski definition) is 5. The summed E-state index contributed by atoms with van der Waals surface area (Å²) in [5.74, 6) is 12.2. The van der Waals surface area contributed by atoms with Gasteiger partial charge >= 0.3 is 0 Å². The van der Waals surface area contributed by atoms with Crippen molar-refractivity contribution in [1.82, 2.24) is 9.97 Å². The second-order valence-electron chi connectivity index (χ2n) is 3.65. The molecule has 1 heterocycles. The number of nitrogens with zero attached hydrogens (tertiary/aromatic N) is 2. The molecule has 7 N–H and O–H groups in total. The molecule has 0 saturated carbocycles. The Morgan fingerprint density at radius 1 is 0.944 bits per heavy atom. The van der Waals surface area contributed by atoms with Crippen LogP contribution in [0.15, 0.2) is 30.3 Å². The van der Waals surface area contributed by atoms with E-state index in [9.17, 15) is 0 Å². The molecule has 0 spiro atoms. The van der Waals surface area contributed by atoms with Gasteiger partial charge in [0.1, 0.15) is 0 Å². The molecular weight excluding hydrogens is 230 g/mol. The van der Waals surface area contributed by atoms with Crippen LogP contribution >= 0.6 is 0 Å². The van der Waals surface area contributed by atoms with Crippen LogP contribution in [-0.4, -0.2) is 9.97 Å². The summed E-state index contributed by atoms with van der Waals surface area (Å²) in [6.45, 7) is 1.82. The van der Waals surface area contributed by atoms with E-state index in [1.807, 2.05) is 37.3 Å². The molecule has 0 aliphatic carbocycles. The normalized spacial score (nSPS) is 9.94. The summed E-state index contributed by atoms with van der Waals surface area (Å²) in [6, 6.07) is 9.59. The fourth-order valence-corrected chi connectivity index (χ4v) is 1.50. The Labute approximate surface area is 105 Å². The van der Waals surface area contributed by atoms with Gasteiger partial charge in [-0.05, 0) is 19.1 Å². The minimum absolute atomic E-state index is 0.410. The van der Waals surface area contributed by atoms with Crippen LogP contribution in [0.5, 0.6) is 0 Å². The van der Waals surface area contributed by atoms with Crippen molar-refractivity contribution in [1.29, 1.82) is 0 Å². The van der Waals surface area contributed by atoms with Crippen molar-refractivity contribution in [2.24, 2.45) is 11.7 Å². The van der Waals surface area contributed by atoms with Gasteiger partial charge in [0.25, 0.3) is 0 Å². The third-order valence-corrected chi connectivity index (χ3v) is 2.45. The van der Waals surface area contributed by atoms with Crippen LogP contribution in [0.25, 0.3) is 0 Å². The Morgan fingerprint density at radius 3 is 2.00 bits per heavy atom. The van der Waals surface area contributed by atoms with E-state index in [1.54, 1.807) is 0 Å². The molecule has 0 atom stereocenters. The highest BCUT2D eigenvalue weighted by Gasteiger charge is 2.09. The predicted octanol–water partition coefficient (Wildman–Crippen LogP) is 1.10. The van der Waals surface area contributed by atoms with Gasteiger partial charge in [0, 0.05) is 11.3 Å². The number of hydrazine groups is 2. The molecular formula is C11H15N7. The van der Waals surface area contributed by atoms with E-state index in [2.05, 4.69) is 26.1 Å². The van der Waals surface area contributed by atoms with E-state index in [0.717, 1.165) is 11.3 Å². The topological polar surface area (TPSA) is 114 Å². The zero-order valence-corrected chi connectivity index (χ0v) is 9.94. The first-order valence-electron chi connectivity index (χ1n) is 5.38. The molecule has 0 unspecified atom stereocenters. The Hall–Kier alpha value is -2.38. The second-order valence-corrected chi connectivity index (χ2v) is 3.65. The summed E-state index contributed by atoms with van der Waals surface area (Å²) < 4.78 is 0. The zero-order chi connectivity index (χ0) is 13.0. The van der Waals surface area contributed by atoms with Crippen LogP contribution in [-0.2, 0) is 0 Å². The maximum Gasteiger partial charge on any atom is 0.231 e. The maximum atomic E-state index is 5.40. The van der Waals surface area contributed by atoms with Gasteiger partial charge in [0.15, 0.2) is 11.6 Å². The summed E-state index contributed by atoms with van der Waals surface area (Å²) in [4.78, 5) is 8.48. The number of benzene rings is 1. The number of para-hydroxylation sites is 1. The molecule has 0 aliphatic heterocycles. The van der Waals surface area contributed by atoms with Gasteiger partial charge in [-0.15, -0.1) is 0 Å². The van der Waals surface area contributed by atoms with Gasteiger partial charge in [0.05, 0.1) is 0 Å². The second kappa shape index (κ2) is 5.30. The van der Waals surface area contributed by atoms with E-state index in [-0.39, 0.29) is 0 Å². The molecule has 1 aromatic heterocycles. The van der Waals surface area contributed by atoms with Crippen LogP contribution in [0.1, 0.15) is 5.56 Å². The number of aromatic nitrogens is 2. The Kier molecular flexibility index (Phi) is 3.56. The first kappa shape index (κ1) is 12.1. The average Bonchev–Trinajstić information content (AvgIpc) is 2.41. The van der Waals surface area contributed by atoms with Gasteiger partial charge < -0.3 is 16.2 Å². The van der Waals surface area contributed by atoms with Gasteiger partial charge in [-0.25, -0.2) is 11.7 Å². The Bertz CT molecular complexity index is 501. The molecule has 0 amide bonds. The fourth-order valence-electron chi connectivity index (χ4n) is 1.50. The Morgan fingerprint density at radius 2 is 1.50 bits per heavy atom. The van der Waals surface area contributed by atoms with Crippen LogP contribution in [0.2, 0.25) is 0 Å². The maximum absolute atomic E-state index is 5.40. The monoisotopic (exact) mass is 245 g/mol. The number of nitrogens with one attached hydrogen (secondary N) is 3. The van der Waals surface area contributed by atoms with E-state index >= 15 is 0 Å². The highest BCUT2D eigenvalue weighted by atomic mass is 15.3. The smallest absolute Gasteiger partial charge is 0.231 e. The fraction of sp³-hybridized carbons (Fsp3) is 0.0909. The quantitative estimate of drug-likeness (QED) is 0.405. The summed E-state index contributed by atoms with van der Waals surface area (Å²) in [7, 11) is 0. The molecule has 0 fully saturated rings. The highest BCUT2D eigenvalue weighted by molar-refractivity contribution is 5.62. The summed E-state index contributed by atoms with van der Waals surface area (Å²) >= 11 is 0.